The number of benzene rings is 1. The van der Waals surface area contributed by atoms with Gasteiger partial charge in [-0.25, -0.2) is 4.79 Å². The van der Waals surface area contributed by atoms with Crippen LogP contribution in [0.1, 0.15) is 139 Å². The van der Waals surface area contributed by atoms with Gasteiger partial charge in [-0.05, 0) is 150 Å². The van der Waals surface area contributed by atoms with Crippen molar-refractivity contribution in [3.63, 3.8) is 0 Å². The summed E-state index contributed by atoms with van der Waals surface area (Å²) in [7, 11) is 3.09. The quantitative estimate of drug-likeness (QED) is 0.0260. The van der Waals surface area contributed by atoms with Gasteiger partial charge in [0.05, 0.1) is 18.8 Å². The number of aliphatic hydroxyl groups is 1. The van der Waals surface area contributed by atoms with E-state index in [0.29, 0.717) is 43.4 Å². The number of nitrogens with one attached hydrogen (secondary N) is 2. The molecule has 80 heavy (non-hydrogen) atoms. The number of carbonyl (C=O) groups excluding carboxylic acids is 1. The van der Waals surface area contributed by atoms with Gasteiger partial charge < -0.3 is 29.4 Å². The molecule has 1 aromatic carbocycles. The number of aryl methyl sites for hydroxylation is 2. The van der Waals surface area contributed by atoms with Crippen LogP contribution in [0.5, 0.6) is 5.75 Å². The molecule has 1 saturated heterocycles. The lowest BCUT2D eigenvalue weighted by Crippen LogP contribution is -2.67. The summed E-state index contributed by atoms with van der Waals surface area (Å²) in [6.45, 7) is 6.45. The lowest BCUT2D eigenvalue weighted by Gasteiger charge is -2.50. The van der Waals surface area contributed by atoms with Crippen molar-refractivity contribution in [3.8, 4) is 5.75 Å². The number of amides is 1. The Morgan fingerprint density at radius 2 is 1.69 bits per heavy atom. The molecule has 27 heteroatoms. The Hall–Kier alpha value is -2.94. The van der Waals surface area contributed by atoms with E-state index in [-0.39, 0.29) is 66.1 Å². The normalized spacial score (nSPS) is 27.2. The zero-order valence-corrected chi connectivity index (χ0v) is 47.9. The molecule has 0 bridgehead atoms. The fourth-order valence-corrected chi connectivity index (χ4v) is 15.8. The summed E-state index contributed by atoms with van der Waals surface area (Å²) in [5.74, 6) is 3.22. The third-order valence-electron chi connectivity index (χ3n) is 16.9. The van der Waals surface area contributed by atoms with Crippen LogP contribution in [-0.4, -0.2) is 136 Å². The number of aromatic amines is 1. The van der Waals surface area contributed by atoms with Crippen LogP contribution in [-0.2, 0) is 40.9 Å². The number of carbonyl (C=O) groups is 1. The number of hydrogen-bond acceptors (Lipinski definition) is 13. The van der Waals surface area contributed by atoms with Gasteiger partial charge in [-0.3, -0.25) is 24.0 Å². The molecule has 2 heterocycles. The van der Waals surface area contributed by atoms with E-state index < -0.39 is 75.1 Å². The molecular weight excluding hydrogens is 1130 g/mol. The van der Waals surface area contributed by atoms with Crippen molar-refractivity contribution in [2.75, 3.05) is 52.3 Å². The molecule has 3 saturated carbocycles. The van der Waals surface area contributed by atoms with Crippen LogP contribution in [0.3, 0.4) is 0 Å². The summed E-state index contributed by atoms with van der Waals surface area (Å²) < 4.78 is 158. The zero-order valence-electron chi connectivity index (χ0n) is 45.4. The Labute approximate surface area is 468 Å². The van der Waals surface area contributed by atoms with Gasteiger partial charge >= 0.3 is 38.1 Å². The lowest BCUT2D eigenvalue weighted by atomic mass is 9.55. The van der Waals surface area contributed by atoms with Crippen molar-refractivity contribution in [2.24, 2.45) is 23.2 Å². The summed E-state index contributed by atoms with van der Waals surface area (Å²) in [5, 5.41) is 13.1. The predicted molar refractivity (Wildman–Crippen MR) is 282 cm³/mol. The molecule has 7 rings (SSSR count). The number of rotatable bonds is 29. The molecule has 4 aliphatic carbocycles. The fourth-order valence-electron chi connectivity index (χ4n) is 12.7. The molecule has 0 spiro atoms. The third-order valence-corrected chi connectivity index (χ3v) is 20.7. The van der Waals surface area contributed by atoms with E-state index in [4.69, 9.17) is 19.1 Å². The molecule has 11 atom stereocenters. The number of ether oxygens (including phenoxy) is 4. The average Bonchev–Trinajstić information content (AvgIpc) is 4.05. The highest BCUT2D eigenvalue weighted by atomic mass is 33.1. The molecule has 4 N–H and O–H groups in total. The molecule has 0 radical (unpaired) electrons. The number of halogens is 9. The Kier molecular flexibility index (Phi) is 21.8. The Bertz CT molecular complexity index is 2500. The molecule has 1 amide bonds. The summed E-state index contributed by atoms with van der Waals surface area (Å²) in [4.78, 5) is 51.0. The second-order valence-corrected chi connectivity index (χ2v) is 26.8. The van der Waals surface area contributed by atoms with E-state index in [9.17, 15) is 63.6 Å². The zero-order chi connectivity index (χ0) is 58.4. The second kappa shape index (κ2) is 27.0. The number of likely N-dealkylation sites (N-methyl/N-ethyl adjacent to an activating group) is 1. The molecule has 15 nitrogen and oxygen atoms in total. The highest BCUT2D eigenvalue weighted by molar-refractivity contribution is 8.77. The van der Waals surface area contributed by atoms with Crippen molar-refractivity contribution in [1.82, 2.24) is 19.8 Å². The van der Waals surface area contributed by atoms with Crippen molar-refractivity contribution in [2.45, 2.75) is 189 Å². The third kappa shape index (κ3) is 15.7. The van der Waals surface area contributed by atoms with Gasteiger partial charge in [0.25, 0.3) is 5.56 Å². The number of aromatic nitrogens is 2. The average molecular weight is 1210 g/mol. The van der Waals surface area contributed by atoms with Gasteiger partial charge in [0.15, 0.2) is 0 Å². The number of H-pyrrole nitrogens is 1. The molecule has 5 aliphatic rings. The van der Waals surface area contributed by atoms with Crippen LogP contribution >= 0.6 is 29.8 Å². The van der Waals surface area contributed by atoms with Crippen LogP contribution in [0, 0.1) is 23.2 Å². The van der Waals surface area contributed by atoms with Crippen molar-refractivity contribution in [3.05, 3.63) is 61.9 Å². The molecule has 11 unspecified atom stereocenters. The second-order valence-electron chi connectivity index (χ2n) is 22.9. The Morgan fingerprint density at radius 1 is 0.963 bits per heavy atom. The number of fused-ring (bicyclic) bond motifs is 5. The first-order valence-corrected chi connectivity index (χ1v) is 31.0. The van der Waals surface area contributed by atoms with E-state index in [0.717, 1.165) is 93.2 Å². The SMILES string of the molecule is CN(CCOc1ccc2c(c1)CCC1C2CCC2(C)C(OCCCOC(C(F)(F)F)(C(F)(F)F)C(F)(F)F)CCC12)C1CC1CC(C)(C)SSCCCCCCNC(=O)CCc1cn(C2CC(O)C(CO[P+](=O)O)O2)c(=O)[nH]c1=O. The van der Waals surface area contributed by atoms with Gasteiger partial charge in [0.1, 0.15) is 31.3 Å². The van der Waals surface area contributed by atoms with Gasteiger partial charge in [0, 0.05) is 65.4 Å². The summed E-state index contributed by atoms with van der Waals surface area (Å²) in [5.41, 5.74) is -5.16. The van der Waals surface area contributed by atoms with E-state index >= 15 is 0 Å². The number of alkyl halides is 9. The topological polar surface area (TPSA) is 191 Å². The largest absolute Gasteiger partial charge is 0.694 e. The molecule has 1 aromatic heterocycles. The number of hydrogen-bond donors (Lipinski definition) is 4. The minimum absolute atomic E-state index is 0.00279. The highest BCUT2D eigenvalue weighted by Gasteiger charge is 2.85. The number of nitrogens with zero attached hydrogens (tertiary/aromatic N) is 2. The lowest BCUT2D eigenvalue weighted by molar-refractivity contribution is -0.457. The molecular formula is C53H75F9N4O11PS2+. The molecule has 452 valence electrons. The maximum absolute atomic E-state index is 13.3. The van der Waals surface area contributed by atoms with E-state index in [1.807, 2.05) is 27.7 Å². The van der Waals surface area contributed by atoms with E-state index in [1.165, 1.54) is 17.3 Å². The van der Waals surface area contributed by atoms with Gasteiger partial charge in [0.2, 0.25) is 5.91 Å². The predicted octanol–water partition coefficient (Wildman–Crippen LogP) is 10.5. The molecule has 1 aliphatic heterocycles. The molecule has 2 aromatic rings. The summed E-state index contributed by atoms with van der Waals surface area (Å²) >= 11 is 0. The van der Waals surface area contributed by atoms with Crippen LogP contribution in [0.25, 0.3) is 0 Å². The highest BCUT2D eigenvalue weighted by Crippen LogP contribution is 2.62. The monoisotopic (exact) mass is 1210 g/mol. The first kappa shape index (κ1) is 64.6. The van der Waals surface area contributed by atoms with Crippen LogP contribution in [0.15, 0.2) is 34.0 Å². The van der Waals surface area contributed by atoms with Gasteiger partial charge in [-0.1, -0.05) is 47.4 Å². The number of aliphatic hydroxyl groups excluding tert-OH is 1. The van der Waals surface area contributed by atoms with Crippen molar-refractivity contribution in [1.29, 1.82) is 0 Å². The van der Waals surface area contributed by atoms with Gasteiger partial charge in [-0.15, -0.1) is 9.42 Å². The minimum atomic E-state index is -6.76. The van der Waals surface area contributed by atoms with E-state index in [1.54, 1.807) is 0 Å². The summed E-state index contributed by atoms with van der Waals surface area (Å²) in [6, 6.07) is 6.87. The minimum Gasteiger partial charge on any atom is -0.492 e. The van der Waals surface area contributed by atoms with Crippen LogP contribution < -0.4 is 21.3 Å². The first-order valence-electron chi connectivity index (χ1n) is 27.5. The maximum Gasteiger partial charge on any atom is 0.694 e. The molecule has 4 fully saturated rings. The first-order chi connectivity index (χ1) is 37.5. The van der Waals surface area contributed by atoms with Crippen molar-refractivity contribution < 1.29 is 82.3 Å². The maximum atomic E-state index is 13.3. The van der Waals surface area contributed by atoms with Gasteiger partial charge in [-0.2, -0.15) is 39.5 Å². The smallest absolute Gasteiger partial charge is 0.492 e. The van der Waals surface area contributed by atoms with E-state index in [2.05, 4.69) is 64.4 Å². The van der Waals surface area contributed by atoms with Crippen molar-refractivity contribution >= 4 is 35.7 Å². The van der Waals surface area contributed by atoms with Crippen LogP contribution in [0.4, 0.5) is 39.5 Å². The Morgan fingerprint density at radius 3 is 2.40 bits per heavy atom. The fraction of sp³-hybridized carbons (Fsp3) is 0.792. The number of unbranched alkanes of at least 4 members (excludes halogenated alkanes) is 3. The summed E-state index contributed by atoms with van der Waals surface area (Å²) in [6.07, 6.45) is -11.6. The standard InChI is InChI=1S/C53H74F9N4O11PS2/c1-48(2,80-79-25-8-6-5-7-20-63-44(68)17-11-33-30-66(47(70)64-46(33)69)45-28-41(67)42(77-45)31-76-78(71)72)29-34-27-40(34)65(4)21-24-73-35-12-14-36-32(26-35)10-13-38-37(36)18-19-49(3)39(38)15-16-43(49)74-22-9-23-75-50(51(54,55)56,52(57,58)59)53(60,61)62/h12,14,26,30,34,37-43,45,67H,5-11,13,15-25,27-29,31H2,1-4H3,(H2-,63,64,68,69,70,71,72)/p+1. The van der Waals surface area contributed by atoms with Crippen LogP contribution in [0.2, 0.25) is 0 Å². The Balaban J connectivity index is 0.729.